The summed E-state index contributed by atoms with van der Waals surface area (Å²) in [6.07, 6.45) is 1.78. The maximum absolute atomic E-state index is 13.3. The standard InChI is InChI=1S/C11H9F2NOS/c12-8-1-2-9(10(13)5-8)11(15)6-14-3-4-16-7-14/h1-5H,6-7H2. The molecule has 84 valence electrons. The second-order valence-corrected chi connectivity index (χ2v) is 4.24. The van der Waals surface area contributed by atoms with E-state index in [0.717, 1.165) is 12.1 Å². The van der Waals surface area contributed by atoms with Crippen LogP contribution in [0.2, 0.25) is 0 Å². The Kier molecular flexibility index (Phi) is 3.24. The fourth-order valence-corrected chi connectivity index (χ4v) is 2.11. The van der Waals surface area contributed by atoms with Gasteiger partial charge in [-0.3, -0.25) is 4.79 Å². The van der Waals surface area contributed by atoms with E-state index in [1.54, 1.807) is 22.9 Å². The zero-order valence-corrected chi connectivity index (χ0v) is 9.14. The van der Waals surface area contributed by atoms with E-state index in [0.29, 0.717) is 5.88 Å². The van der Waals surface area contributed by atoms with Gasteiger partial charge in [-0.2, -0.15) is 0 Å². The van der Waals surface area contributed by atoms with Crippen molar-refractivity contribution in [3.05, 3.63) is 47.0 Å². The van der Waals surface area contributed by atoms with E-state index in [9.17, 15) is 13.6 Å². The Hall–Kier alpha value is -1.36. The fourth-order valence-electron chi connectivity index (χ4n) is 1.39. The number of rotatable bonds is 3. The van der Waals surface area contributed by atoms with E-state index in [2.05, 4.69) is 0 Å². The smallest absolute Gasteiger partial charge is 0.185 e. The molecule has 0 radical (unpaired) electrons. The molecule has 0 spiro atoms. The number of halogens is 2. The Bertz CT molecular complexity index is 448. The summed E-state index contributed by atoms with van der Waals surface area (Å²) in [5.41, 5.74) is -0.0632. The van der Waals surface area contributed by atoms with Crippen LogP contribution in [0.15, 0.2) is 29.8 Å². The van der Waals surface area contributed by atoms with Crippen molar-refractivity contribution in [3.63, 3.8) is 0 Å². The molecule has 0 N–H and O–H groups in total. The quantitative estimate of drug-likeness (QED) is 0.759. The zero-order valence-electron chi connectivity index (χ0n) is 8.32. The largest absolute Gasteiger partial charge is 0.360 e. The van der Waals surface area contributed by atoms with Crippen LogP contribution >= 0.6 is 11.8 Å². The van der Waals surface area contributed by atoms with Gasteiger partial charge >= 0.3 is 0 Å². The van der Waals surface area contributed by atoms with E-state index in [1.165, 1.54) is 6.07 Å². The summed E-state index contributed by atoms with van der Waals surface area (Å²) < 4.78 is 25.9. The Balaban J connectivity index is 2.11. The van der Waals surface area contributed by atoms with Crippen molar-refractivity contribution >= 4 is 17.5 Å². The van der Waals surface area contributed by atoms with Gasteiger partial charge < -0.3 is 4.90 Å². The third-order valence-electron chi connectivity index (χ3n) is 2.19. The lowest BCUT2D eigenvalue weighted by molar-refractivity contribution is 0.0959. The Morgan fingerprint density at radius 3 is 2.88 bits per heavy atom. The zero-order chi connectivity index (χ0) is 11.5. The molecule has 1 heterocycles. The molecule has 0 atom stereocenters. The molecule has 0 aromatic heterocycles. The SMILES string of the molecule is O=C(CN1C=CSC1)c1ccc(F)cc1F. The molecular weight excluding hydrogens is 232 g/mol. The molecule has 2 nitrogen and oxygen atoms in total. The molecule has 0 saturated carbocycles. The third-order valence-corrected chi connectivity index (χ3v) is 2.98. The number of Topliss-reactive ketones (excluding diaryl/α,β-unsaturated/α-hetero) is 1. The molecule has 1 aliphatic heterocycles. The molecule has 0 saturated heterocycles. The van der Waals surface area contributed by atoms with Crippen LogP contribution in [-0.2, 0) is 0 Å². The van der Waals surface area contributed by atoms with Crippen molar-refractivity contribution in [2.24, 2.45) is 0 Å². The number of nitrogens with zero attached hydrogens (tertiary/aromatic N) is 1. The highest BCUT2D eigenvalue weighted by molar-refractivity contribution is 8.02. The Morgan fingerprint density at radius 2 is 2.25 bits per heavy atom. The minimum Gasteiger partial charge on any atom is -0.360 e. The summed E-state index contributed by atoms with van der Waals surface area (Å²) in [4.78, 5) is 13.5. The highest BCUT2D eigenvalue weighted by atomic mass is 32.2. The van der Waals surface area contributed by atoms with Crippen molar-refractivity contribution in [2.45, 2.75) is 0 Å². The molecule has 1 aliphatic rings. The molecule has 0 bridgehead atoms. The average molecular weight is 241 g/mol. The van der Waals surface area contributed by atoms with Gasteiger partial charge in [0.15, 0.2) is 5.78 Å². The summed E-state index contributed by atoms with van der Waals surface area (Å²) in [5.74, 6) is -1.13. The van der Waals surface area contributed by atoms with Gasteiger partial charge in [-0.1, -0.05) is 0 Å². The van der Waals surface area contributed by atoms with E-state index < -0.39 is 11.6 Å². The molecule has 1 aromatic carbocycles. The summed E-state index contributed by atoms with van der Waals surface area (Å²) in [6, 6.07) is 2.99. The fraction of sp³-hybridized carbons (Fsp3) is 0.182. The van der Waals surface area contributed by atoms with Crippen LogP contribution in [0.4, 0.5) is 8.78 Å². The van der Waals surface area contributed by atoms with Crippen LogP contribution in [0.3, 0.4) is 0 Å². The van der Waals surface area contributed by atoms with Crippen molar-refractivity contribution < 1.29 is 13.6 Å². The Labute approximate surface area is 95.9 Å². The lowest BCUT2D eigenvalue weighted by atomic mass is 10.1. The first-order valence-electron chi connectivity index (χ1n) is 4.67. The predicted octanol–water partition coefficient (Wildman–Crippen LogP) is 2.63. The van der Waals surface area contributed by atoms with Crippen molar-refractivity contribution in [2.75, 3.05) is 12.4 Å². The number of benzene rings is 1. The molecule has 16 heavy (non-hydrogen) atoms. The molecular formula is C11H9F2NOS. The monoisotopic (exact) mass is 241 g/mol. The van der Waals surface area contributed by atoms with Gasteiger partial charge in [0.1, 0.15) is 11.6 Å². The molecule has 0 aliphatic carbocycles. The van der Waals surface area contributed by atoms with Crippen molar-refractivity contribution in [3.8, 4) is 0 Å². The number of hydrogen-bond acceptors (Lipinski definition) is 3. The van der Waals surface area contributed by atoms with E-state index in [-0.39, 0.29) is 17.9 Å². The maximum atomic E-state index is 13.3. The highest BCUT2D eigenvalue weighted by Gasteiger charge is 2.16. The van der Waals surface area contributed by atoms with Crippen molar-refractivity contribution in [1.82, 2.24) is 4.90 Å². The van der Waals surface area contributed by atoms with Crippen molar-refractivity contribution in [1.29, 1.82) is 0 Å². The lowest BCUT2D eigenvalue weighted by Crippen LogP contribution is -2.23. The maximum Gasteiger partial charge on any atom is 0.185 e. The van der Waals surface area contributed by atoms with Gasteiger partial charge in [0.2, 0.25) is 0 Å². The first-order chi connectivity index (χ1) is 7.66. The molecule has 0 amide bonds. The van der Waals surface area contributed by atoms with Gasteiger partial charge in [0.25, 0.3) is 0 Å². The van der Waals surface area contributed by atoms with Crippen LogP contribution in [0.5, 0.6) is 0 Å². The topological polar surface area (TPSA) is 20.3 Å². The molecule has 5 heteroatoms. The van der Waals surface area contributed by atoms with Gasteiger partial charge in [-0.15, -0.1) is 11.8 Å². The van der Waals surface area contributed by atoms with Crippen LogP contribution < -0.4 is 0 Å². The third kappa shape index (κ3) is 2.41. The van der Waals surface area contributed by atoms with E-state index in [1.807, 2.05) is 5.41 Å². The predicted molar refractivity (Wildman–Crippen MR) is 59.0 cm³/mol. The summed E-state index contributed by atoms with van der Waals surface area (Å²) in [7, 11) is 0. The van der Waals surface area contributed by atoms with E-state index in [4.69, 9.17) is 0 Å². The first-order valence-corrected chi connectivity index (χ1v) is 5.72. The summed E-state index contributed by atoms with van der Waals surface area (Å²) in [6.45, 7) is 0.117. The summed E-state index contributed by atoms with van der Waals surface area (Å²) >= 11 is 1.57. The Morgan fingerprint density at radius 1 is 1.44 bits per heavy atom. The van der Waals surface area contributed by atoms with E-state index >= 15 is 0 Å². The minimum absolute atomic E-state index is 0.0632. The number of ketones is 1. The number of carbonyl (C=O) groups excluding carboxylic acids is 1. The van der Waals surface area contributed by atoms with Gasteiger partial charge in [0.05, 0.1) is 18.0 Å². The second-order valence-electron chi connectivity index (χ2n) is 3.38. The highest BCUT2D eigenvalue weighted by Crippen LogP contribution is 2.16. The number of thioether (sulfide) groups is 1. The van der Waals surface area contributed by atoms with Gasteiger partial charge in [0, 0.05) is 12.3 Å². The first kappa shape index (κ1) is 11.1. The molecule has 1 aromatic rings. The lowest BCUT2D eigenvalue weighted by Gasteiger charge is -2.13. The van der Waals surface area contributed by atoms with Crippen LogP contribution in [-0.4, -0.2) is 23.1 Å². The van der Waals surface area contributed by atoms with Crippen LogP contribution in [0.25, 0.3) is 0 Å². The van der Waals surface area contributed by atoms with Gasteiger partial charge in [-0.25, -0.2) is 8.78 Å². The van der Waals surface area contributed by atoms with Crippen LogP contribution in [0.1, 0.15) is 10.4 Å². The number of carbonyl (C=O) groups is 1. The van der Waals surface area contributed by atoms with Gasteiger partial charge in [-0.05, 0) is 17.5 Å². The number of hydrogen-bond donors (Lipinski definition) is 0. The molecule has 0 unspecified atom stereocenters. The molecule has 2 rings (SSSR count). The average Bonchev–Trinajstić information content (AvgIpc) is 2.70. The van der Waals surface area contributed by atoms with Crippen LogP contribution in [0, 0.1) is 11.6 Å². The second kappa shape index (κ2) is 4.65. The normalized spacial score (nSPS) is 14.5. The minimum atomic E-state index is -0.805. The summed E-state index contributed by atoms with van der Waals surface area (Å²) in [5, 5.41) is 1.87. The molecule has 0 fully saturated rings.